The van der Waals surface area contributed by atoms with E-state index in [1.165, 1.54) is 16.7 Å². The Morgan fingerprint density at radius 2 is 1.68 bits per heavy atom. The molecule has 19 heavy (non-hydrogen) atoms. The van der Waals surface area contributed by atoms with Gasteiger partial charge < -0.3 is 0 Å². The molecule has 0 aliphatic heterocycles. The van der Waals surface area contributed by atoms with Crippen LogP contribution in [0.2, 0.25) is 10.5 Å². The van der Waals surface area contributed by atoms with Gasteiger partial charge in [0.25, 0.3) is 0 Å². The van der Waals surface area contributed by atoms with Gasteiger partial charge >= 0.3 is 116 Å². The van der Waals surface area contributed by atoms with Gasteiger partial charge in [-0.2, -0.15) is 0 Å². The topological polar surface area (TPSA) is 12.0 Å². The Hall–Kier alpha value is -0.149. The zero-order chi connectivity index (χ0) is 13.6. The van der Waals surface area contributed by atoms with Crippen LogP contribution >= 0.6 is 0 Å². The smallest absolute Gasteiger partial charge is 0.0149 e. The van der Waals surface area contributed by atoms with E-state index in [0.717, 1.165) is 0 Å². The molecule has 1 atom stereocenters. The molecule has 1 N–H and O–H groups in total. The van der Waals surface area contributed by atoms with E-state index in [1.807, 2.05) is 0 Å². The molecule has 0 amide bonds. The maximum Gasteiger partial charge on any atom is -0.0149 e. The van der Waals surface area contributed by atoms with Crippen molar-refractivity contribution in [2.45, 2.75) is 47.9 Å². The van der Waals surface area contributed by atoms with Crippen LogP contribution in [0.15, 0.2) is 29.8 Å². The van der Waals surface area contributed by atoms with Crippen LogP contribution in [0.1, 0.15) is 43.0 Å². The van der Waals surface area contributed by atoms with Gasteiger partial charge in [0, 0.05) is 0 Å². The van der Waals surface area contributed by atoms with E-state index < -0.39 is 16.8 Å². The van der Waals surface area contributed by atoms with Crippen molar-refractivity contribution in [1.82, 2.24) is 3.80 Å². The summed E-state index contributed by atoms with van der Waals surface area (Å²) >= 11 is -2.10. The normalized spacial score (nSPS) is 18.6. The van der Waals surface area contributed by atoms with E-state index >= 15 is 0 Å². The number of hydrogen-bond acceptors (Lipinski definition) is 1. The van der Waals surface area contributed by atoms with Gasteiger partial charge in [0.15, 0.2) is 0 Å². The molecule has 1 aromatic carbocycles. The maximum absolute atomic E-state index is 3.96. The van der Waals surface area contributed by atoms with E-state index in [2.05, 4.69) is 72.3 Å². The number of hydrogen-bond donors (Lipinski definition) is 1. The summed E-state index contributed by atoms with van der Waals surface area (Å²) in [4.78, 5) is 0. The second kappa shape index (κ2) is 5.69. The van der Waals surface area contributed by atoms with Crippen molar-refractivity contribution in [3.63, 3.8) is 0 Å². The average molecular weight is 311 g/mol. The molecule has 1 aromatic rings. The fourth-order valence-corrected chi connectivity index (χ4v) is 10.3. The summed E-state index contributed by atoms with van der Waals surface area (Å²) in [7, 11) is 0. The SMILES string of the molecule is CC1=Cc2ccccc2[CH]1[Ti]([CH3])([CH3])[NH]C(C)(C)C.[SiH4]. The van der Waals surface area contributed by atoms with Gasteiger partial charge in [0.05, 0.1) is 0 Å². The predicted octanol–water partition coefficient (Wildman–Crippen LogP) is 3.25. The minimum absolute atomic E-state index is 0. The summed E-state index contributed by atoms with van der Waals surface area (Å²) in [5, 5.41) is 4.99. The fourth-order valence-electron chi connectivity index (χ4n) is 3.48. The van der Waals surface area contributed by atoms with Crippen molar-refractivity contribution in [1.29, 1.82) is 0 Å². The van der Waals surface area contributed by atoms with Gasteiger partial charge in [-0.1, -0.05) is 0 Å². The third-order valence-corrected chi connectivity index (χ3v) is 9.19. The molecular formula is C16H29NSiTi. The van der Waals surface area contributed by atoms with Crippen LogP contribution in [0.3, 0.4) is 0 Å². The van der Waals surface area contributed by atoms with Gasteiger partial charge in [-0.05, 0) is 11.0 Å². The Kier molecular flexibility index (Phi) is 5.06. The number of rotatable bonds is 2. The maximum atomic E-state index is 3.96. The minimum atomic E-state index is -2.10. The van der Waals surface area contributed by atoms with Crippen molar-refractivity contribution in [3.8, 4) is 0 Å². The first-order valence-corrected chi connectivity index (χ1v) is 11.6. The molecule has 0 fully saturated rings. The van der Waals surface area contributed by atoms with Crippen molar-refractivity contribution >= 4 is 17.0 Å². The van der Waals surface area contributed by atoms with Crippen molar-refractivity contribution in [3.05, 3.63) is 41.0 Å². The third kappa shape index (κ3) is 3.69. The van der Waals surface area contributed by atoms with E-state index in [0.29, 0.717) is 4.22 Å². The molecule has 1 nitrogen and oxygen atoms in total. The molecule has 106 valence electrons. The molecule has 0 saturated heterocycles. The van der Waals surface area contributed by atoms with Crippen LogP contribution < -0.4 is 3.80 Å². The van der Waals surface area contributed by atoms with Crippen LogP contribution in [0.4, 0.5) is 0 Å². The fraction of sp³-hybridized carbons (Fsp3) is 0.500. The first-order valence-electron chi connectivity index (χ1n) is 6.77. The summed E-state index contributed by atoms with van der Waals surface area (Å²) in [5.41, 5.74) is 4.71. The summed E-state index contributed by atoms with van der Waals surface area (Å²) in [6.07, 6.45) is 2.37. The van der Waals surface area contributed by atoms with Crippen molar-refractivity contribution in [2.24, 2.45) is 0 Å². The first-order chi connectivity index (χ1) is 8.21. The Morgan fingerprint density at radius 1 is 1.11 bits per heavy atom. The molecule has 2 rings (SSSR count). The number of allylic oxidation sites excluding steroid dienone is 1. The number of benzene rings is 1. The summed E-state index contributed by atoms with van der Waals surface area (Å²) in [6, 6.07) is 8.87. The average Bonchev–Trinajstić information content (AvgIpc) is 2.49. The molecule has 0 saturated carbocycles. The summed E-state index contributed by atoms with van der Waals surface area (Å²) in [6.45, 7) is 9.13. The molecule has 1 aliphatic rings. The Balaban J connectivity index is 0.00000180. The largest absolute Gasteiger partial charge is 0.0149 e. The summed E-state index contributed by atoms with van der Waals surface area (Å²) in [5.74, 6) is 0. The van der Waals surface area contributed by atoms with Gasteiger partial charge in [-0.15, -0.1) is 0 Å². The third-order valence-electron chi connectivity index (χ3n) is 3.56. The van der Waals surface area contributed by atoms with E-state index in [4.69, 9.17) is 0 Å². The monoisotopic (exact) mass is 311 g/mol. The molecule has 0 radical (unpaired) electrons. The quantitative estimate of drug-likeness (QED) is 0.827. The van der Waals surface area contributed by atoms with Crippen LogP contribution in [-0.4, -0.2) is 16.5 Å². The Bertz CT molecular complexity index is 486. The number of fused-ring (bicyclic) bond motifs is 1. The molecular weight excluding hydrogens is 282 g/mol. The molecule has 0 spiro atoms. The molecule has 0 bridgehead atoms. The molecule has 0 heterocycles. The van der Waals surface area contributed by atoms with E-state index in [-0.39, 0.29) is 16.5 Å². The molecule has 1 unspecified atom stereocenters. The Labute approximate surface area is 126 Å². The van der Waals surface area contributed by atoms with Crippen molar-refractivity contribution in [2.75, 3.05) is 0 Å². The first kappa shape index (κ1) is 16.9. The summed E-state index contributed by atoms with van der Waals surface area (Å²) < 4.78 is 4.61. The standard InChI is InChI=1S/C10H9.C4H10N.2CH3.H4Si.Ti/c1-8-6-9-4-2-3-5-10(9)7-8;1-4(2,3)5;;;;/h2-7H,1H3;5H,1-3H3;2*1H3;1H4;/q;-1;;;;+1. The molecule has 1 aliphatic carbocycles. The van der Waals surface area contributed by atoms with Gasteiger partial charge in [0.2, 0.25) is 0 Å². The van der Waals surface area contributed by atoms with Crippen LogP contribution in [-0.2, 0) is 16.8 Å². The minimum Gasteiger partial charge on any atom is -0.0149 e. The number of nitrogens with one attached hydrogen (secondary N) is 1. The van der Waals surface area contributed by atoms with Gasteiger partial charge in [-0.25, -0.2) is 0 Å². The van der Waals surface area contributed by atoms with E-state index in [9.17, 15) is 0 Å². The van der Waals surface area contributed by atoms with Gasteiger partial charge in [-0.3, -0.25) is 0 Å². The second-order valence-electron chi connectivity index (χ2n) is 7.05. The second-order valence-corrected chi connectivity index (χ2v) is 13.7. The van der Waals surface area contributed by atoms with Gasteiger partial charge in [0.1, 0.15) is 0 Å². The van der Waals surface area contributed by atoms with E-state index in [1.54, 1.807) is 0 Å². The Morgan fingerprint density at radius 3 is 2.26 bits per heavy atom. The van der Waals surface area contributed by atoms with Crippen molar-refractivity contribution < 1.29 is 16.8 Å². The van der Waals surface area contributed by atoms with Crippen LogP contribution in [0.5, 0.6) is 0 Å². The predicted molar refractivity (Wildman–Crippen MR) is 88.8 cm³/mol. The molecule has 0 aromatic heterocycles. The zero-order valence-corrected chi connectivity index (χ0v) is 14.0. The molecule has 3 heteroatoms. The zero-order valence-electron chi connectivity index (χ0n) is 12.5. The van der Waals surface area contributed by atoms with Crippen LogP contribution in [0.25, 0.3) is 6.08 Å². The van der Waals surface area contributed by atoms with Crippen LogP contribution in [0, 0.1) is 0 Å².